The van der Waals surface area contributed by atoms with Gasteiger partial charge in [-0.3, -0.25) is 9.69 Å². The Kier molecular flexibility index (Phi) is 5.16. The summed E-state index contributed by atoms with van der Waals surface area (Å²) < 4.78 is 19.2. The highest BCUT2D eigenvalue weighted by atomic mass is 19.1. The highest BCUT2D eigenvalue weighted by Crippen LogP contribution is 2.30. The molecule has 2 fully saturated rings. The molecule has 23 heavy (non-hydrogen) atoms. The molecule has 3 rings (SSSR count). The second kappa shape index (κ2) is 7.30. The molecule has 0 saturated carbocycles. The Balaban J connectivity index is 1.55. The number of hydrogen-bond acceptors (Lipinski definition) is 3. The van der Waals surface area contributed by atoms with Gasteiger partial charge in [0.25, 0.3) is 0 Å². The first-order valence-electron chi connectivity index (χ1n) is 8.55. The zero-order valence-corrected chi connectivity index (χ0v) is 13.7. The topological polar surface area (TPSA) is 32.8 Å². The number of likely N-dealkylation sites (tertiary alicyclic amines) is 2. The summed E-state index contributed by atoms with van der Waals surface area (Å²) in [5, 5.41) is 0. The molecule has 4 nitrogen and oxygen atoms in total. The zero-order chi connectivity index (χ0) is 16.2. The van der Waals surface area contributed by atoms with Crippen LogP contribution in [0, 0.1) is 5.82 Å². The lowest BCUT2D eigenvalue weighted by molar-refractivity contribution is -0.130. The van der Waals surface area contributed by atoms with E-state index in [0.717, 1.165) is 45.3 Å². The van der Waals surface area contributed by atoms with Crippen LogP contribution in [0.3, 0.4) is 0 Å². The third-order valence-electron chi connectivity index (χ3n) is 5.03. The van der Waals surface area contributed by atoms with Gasteiger partial charge in [0.15, 0.2) is 11.6 Å². The van der Waals surface area contributed by atoms with Gasteiger partial charge in [-0.1, -0.05) is 12.1 Å². The molecule has 0 spiro atoms. The standard InChI is InChI=1S/C18H25FN2O2/c1-14(22)21-11-5-8-17(21)16-7-4-10-20(16)12-13-23-18-9-3-2-6-15(18)19/h2-3,6,9,16-17H,4-5,7-8,10-13H2,1H3/t16-,17+/m0/s1. The maximum atomic E-state index is 13.6. The van der Waals surface area contributed by atoms with Crippen molar-refractivity contribution in [3.8, 4) is 5.75 Å². The van der Waals surface area contributed by atoms with E-state index in [1.165, 1.54) is 6.07 Å². The molecule has 5 heteroatoms. The Hall–Kier alpha value is -1.62. The van der Waals surface area contributed by atoms with Gasteiger partial charge in [0.05, 0.1) is 0 Å². The molecule has 2 heterocycles. The van der Waals surface area contributed by atoms with Gasteiger partial charge in [-0.2, -0.15) is 0 Å². The van der Waals surface area contributed by atoms with Gasteiger partial charge in [-0.25, -0.2) is 4.39 Å². The zero-order valence-electron chi connectivity index (χ0n) is 13.7. The molecule has 2 saturated heterocycles. The lowest BCUT2D eigenvalue weighted by Gasteiger charge is -2.34. The Morgan fingerprint density at radius 2 is 1.96 bits per heavy atom. The smallest absolute Gasteiger partial charge is 0.219 e. The number of nitrogens with zero attached hydrogens (tertiary/aromatic N) is 2. The Labute approximate surface area is 137 Å². The third-order valence-corrected chi connectivity index (χ3v) is 5.03. The summed E-state index contributed by atoms with van der Waals surface area (Å²) in [4.78, 5) is 16.2. The van der Waals surface area contributed by atoms with Gasteiger partial charge in [-0.05, 0) is 44.4 Å². The lowest BCUT2D eigenvalue weighted by atomic mass is 10.0. The van der Waals surface area contributed by atoms with Crippen LogP contribution in [0.25, 0.3) is 0 Å². The van der Waals surface area contributed by atoms with Crippen molar-refractivity contribution < 1.29 is 13.9 Å². The van der Waals surface area contributed by atoms with Gasteiger partial charge in [-0.15, -0.1) is 0 Å². The molecule has 2 atom stereocenters. The lowest BCUT2D eigenvalue weighted by Crippen LogP contribution is -2.48. The molecule has 126 valence electrons. The van der Waals surface area contributed by atoms with E-state index in [0.29, 0.717) is 24.4 Å². The molecular weight excluding hydrogens is 295 g/mol. The highest BCUT2D eigenvalue weighted by Gasteiger charge is 2.38. The average Bonchev–Trinajstić information content (AvgIpc) is 3.17. The maximum absolute atomic E-state index is 13.6. The third kappa shape index (κ3) is 3.66. The van der Waals surface area contributed by atoms with Crippen LogP contribution in [0.1, 0.15) is 32.6 Å². The van der Waals surface area contributed by atoms with Gasteiger partial charge >= 0.3 is 0 Å². The molecule has 0 N–H and O–H groups in total. The molecule has 0 radical (unpaired) electrons. The molecule has 0 aliphatic carbocycles. The molecule has 1 amide bonds. The summed E-state index contributed by atoms with van der Waals surface area (Å²) in [6, 6.07) is 7.27. The first-order chi connectivity index (χ1) is 11.2. The van der Waals surface area contributed by atoms with Crippen LogP contribution in [-0.4, -0.2) is 54.0 Å². The van der Waals surface area contributed by atoms with Gasteiger partial charge in [0.1, 0.15) is 6.61 Å². The van der Waals surface area contributed by atoms with Crippen molar-refractivity contribution in [2.75, 3.05) is 26.2 Å². The van der Waals surface area contributed by atoms with E-state index >= 15 is 0 Å². The van der Waals surface area contributed by atoms with Crippen LogP contribution < -0.4 is 4.74 Å². The van der Waals surface area contributed by atoms with Crippen LogP contribution in [-0.2, 0) is 4.79 Å². The normalized spacial score (nSPS) is 25.0. The number of halogens is 1. The van der Waals surface area contributed by atoms with E-state index in [1.807, 2.05) is 4.90 Å². The van der Waals surface area contributed by atoms with Crippen LogP contribution in [0.2, 0.25) is 0 Å². The van der Waals surface area contributed by atoms with Crippen molar-refractivity contribution in [2.24, 2.45) is 0 Å². The highest BCUT2D eigenvalue weighted by molar-refractivity contribution is 5.74. The summed E-state index contributed by atoms with van der Waals surface area (Å²) in [5.74, 6) is 0.181. The molecule has 2 aliphatic rings. The fraction of sp³-hybridized carbons (Fsp3) is 0.611. The summed E-state index contributed by atoms with van der Waals surface area (Å²) in [6.07, 6.45) is 4.48. The Morgan fingerprint density at radius 3 is 2.74 bits per heavy atom. The molecular formula is C18H25FN2O2. The largest absolute Gasteiger partial charge is 0.489 e. The minimum absolute atomic E-state index is 0.182. The first kappa shape index (κ1) is 16.2. The van der Waals surface area contributed by atoms with Crippen LogP contribution >= 0.6 is 0 Å². The number of amides is 1. The molecule has 0 bridgehead atoms. The van der Waals surface area contributed by atoms with Gasteiger partial charge in [0.2, 0.25) is 5.91 Å². The Morgan fingerprint density at radius 1 is 1.22 bits per heavy atom. The van der Waals surface area contributed by atoms with Gasteiger partial charge in [0, 0.05) is 32.1 Å². The van der Waals surface area contributed by atoms with E-state index in [1.54, 1.807) is 25.1 Å². The predicted molar refractivity (Wildman–Crippen MR) is 86.9 cm³/mol. The Bertz CT molecular complexity index is 552. The minimum atomic E-state index is -0.316. The quantitative estimate of drug-likeness (QED) is 0.836. The van der Waals surface area contributed by atoms with Gasteiger partial charge < -0.3 is 9.64 Å². The van der Waals surface area contributed by atoms with Crippen molar-refractivity contribution in [3.63, 3.8) is 0 Å². The minimum Gasteiger partial charge on any atom is -0.489 e. The second-order valence-electron chi connectivity index (χ2n) is 6.45. The number of para-hydroxylation sites is 1. The molecule has 2 aliphatic heterocycles. The average molecular weight is 320 g/mol. The maximum Gasteiger partial charge on any atom is 0.219 e. The fourth-order valence-corrected chi connectivity index (χ4v) is 3.98. The fourth-order valence-electron chi connectivity index (χ4n) is 3.98. The molecule has 1 aromatic carbocycles. The number of benzene rings is 1. The van der Waals surface area contributed by atoms with E-state index in [9.17, 15) is 9.18 Å². The van der Waals surface area contributed by atoms with Crippen molar-refractivity contribution >= 4 is 5.91 Å². The second-order valence-corrected chi connectivity index (χ2v) is 6.45. The molecule has 1 aromatic rings. The van der Waals surface area contributed by atoms with E-state index in [2.05, 4.69) is 4.90 Å². The van der Waals surface area contributed by atoms with E-state index < -0.39 is 0 Å². The van der Waals surface area contributed by atoms with Crippen molar-refractivity contribution in [1.82, 2.24) is 9.80 Å². The first-order valence-corrected chi connectivity index (χ1v) is 8.55. The summed E-state index contributed by atoms with van der Waals surface area (Å²) in [6.45, 7) is 4.84. The van der Waals surface area contributed by atoms with Crippen LogP contribution in [0.4, 0.5) is 4.39 Å². The SMILES string of the molecule is CC(=O)N1CCC[C@@H]1[C@@H]1CCCN1CCOc1ccccc1F. The number of hydrogen-bond donors (Lipinski definition) is 0. The monoisotopic (exact) mass is 320 g/mol. The molecule has 0 unspecified atom stereocenters. The predicted octanol–water partition coefficient (Wildman–Crippen LogP) is 2.68. The van der Waals surface area contributed by atoms with Crippen LogP contribution in [0.15, 0.2) is 24.3 Å². The summed E-state index contributed by atoms with van der Waals surface area (Å²) >= 11 is 0. The van der Waals surface area contributed by atoms with E-state index in [-0.39, 0.29) is 11.7 Å². The number of rotatable bonds is 5. The van der Waals surface area contributed by atoms with E-state index in [4.69, 9.17) is 4.74 Å². The number of carbonyl (C=O) groups is 1. The van der Waals surface area contributed by atoms with Crippen molar-refractivity contribution in [3.05, 3.63) is 30.1 Å². The number of carbonyl (C=O) groups excluding carboxylic acids is 1. The van der Waals surface area contributed by atoms with Crippen molar-refractivity contribution in [1.29, 1.82) is 0 Å². The van der Waals surface area contributed by atoms with Crippen molar-refractivity contribution in [2.45, 2.75) is 44.7 Å². The number of ether oxygens (including phenoxy) is 1. The van der Waals surface area contributed by atoms with Crippen LogP contribution in [0.5, 0.6) is 5.75 Å². The summed E-state index contributed by atoms with van der Waals surface area (Å²) in [5.41, 5.74) is 0. The summed E-state index contributed by atoms with van der Waals surface area (Å²) in [7, 11) is 0. The molecule has 0 aromatic heterocycles.